The van der Waals surface area contributed by atoms with E-state index < -0.39 is 0 Å². The first-order valence-electron chi connectivity index (χ1n) is 6.06. The molecule has 0 spiro atoms. The molecule has 2 rings (SSSR count). The minimum Gasteiger partial charge on any atom is -0.399 e. The maximum atomic E-state index is 11.8. The lowest BCUT2D eigenvalue weighted by Crippen LogP contribution is -2.22. The van der Waals surface area contributed by atoms with Crippen LogP contribution >= 0.6 is 0 Å². The SMILES string of the molecule is Cc1ccc(C)n1NC(=O)/C=C/c1cccc(N)c1. The molecule has 1 aromatic carbocycles. The first-order valence-corrected chi connectivity index (χ1v) is 6.06. The molecule has 0 saturated heterocycles. The van der Waals surface area contributed by atoms with Crippen molar-refractivity contribution in [2.45, 2.75) is 13.8 Å². The fourth-order valence-electron chi connectivity index (χ4n) is 1.83. The number of aryl methyl sites for hydroxylation is 2. The monoisotopic (exact) mass is 255 g/mol. The number of nitrogens with zero attached hydrogens (tertiary/aromatic N) is 1. The highest BCUT2D eigenvalue weighted by atomic mass is 16.2. The lowest BCUT2D eigenvalue weighted by Gasteiger charge is -2.08. The molecule has 0 aliphatic rings. The molecule has 2 aromatic rings. The quantitative estimate of drug-likeness (QED) is 0.654. The van der Waals surface area contributed by atoms with E-state index in [2.05, 4.69) is 5.43 Å². The zero-order chi connectivity index (χ0) is 13.8. The molecule has 0 bridgehead atoms. The van der Waals surface area contributed by atoms with Gasteiger partial charge in [0, 0.05) is 23.2 Å². The van der Waals surface area contributed by atoms with Crippen LogP contribution in [0, 0.1) is 13.8 Å². The number of hydrogen-bond donors (Lipinski definition) is 2. The predicted molar refractivity (Wildman–Crippen MR) is 78.2 cm³/mol. The molecule has 0 atom stereocenters. The van der Waals surface area contributed by atoms with Gasteiger partial charge in [0.25, 0.3) is 5.91 Å². The van der Waals surface area contributed by atoms with Gasteiger partial charge in [-0.1, -0.05) is 12.1 Å². The van der Waals surface area contributed by atoms with Gasteiger partial charge in [0.05, 0.1) is 0 Å². The molecular formula is C15H17N3O. The molecule has 19 heavy (non-hydrogen) atoms. The summed E-state index contributed by atoms with van der Waals surface area (Å²) in [6.45, 7) is 3.88. The number of nitrogens with one attached hydrogen (secondary N) is 1. The fourth-order valence-corrected chi connectivity index (χ4v) is 1.83. The topological polar surface area (TPSA) is 60.0 Å². The van der Waals surface area contributed by atoms with Gasteiger partial charge in [-0.2, -0.15) is 0 Å². The summed E-state index contributed by atoms with van der Waals surface area (Å²) in [6, 6.07) is 11.3. The van der Waals surface area contributed by atoms with E-state index in [1.807, 2.05) is 50.2 Å². The van der Waals surface area contributed by atoms with E-state index in [0.29, 0.717) is 5.69 Å². The Morgan fingerprint density at radius 3 is 2.53 bits per heavy atom. The number of amides is 1. The highest BCUT2D eigenvalue weighted by Crippen LogP contribution is 2.08. The standard InChI is InChI=1S/C15H17N3O/c1-11-6-7-12(2)18(11)17-15(19)9-8-13-4-3-5-14(16)10-13/h3-10H,16H2,1-2H3,(H,17,19)/b9-8+. The van der Waals surface area contributed by atoms with Crippen molar-refractivity contribution < 1.29 is 4.79 Å². The Labute approximate surface area is 112 Å². The van der Waals surface area contributed by atoms with Crippen molar-refractivity contribution in [3.63, 3.8) is 0 Å². The largest absolute Gasteiger partial charge is 0.399 e. The van der Waals surface area contributed by atoms with Gasteiger partial charge in [0.2, 0.25) is 0 Å². The van der Waals surface area contributed by atoms with Crippen molar-refractivity contribution in [2.24, 2.45) is 0 Å². The van der Waals surface area contributed by atoms with Gasteiger partial charge in [0.15, 0.2) is 0 Å². The van der Waals surface area contributed by atoms with Crippen molar-refractivity contribution in [1.29, 1.82) is 0 Å². The summed E-state index contributed by atoms with van der Waals surface area (Å²) in [5.41, 5.74) is 12.0. The third kappa shape index (κ3) is 3.25. The smallest absolute Gasteiger partial charge is 0.262 e. The summed E-state index contributed by atoms with van der Waals surface area (Å²) in [5.74, 6) is -0.176. The Balaban J connectivity index is 2.06. The molecule has 1 heterocycles. The predicted octanol–water partition coefficient (Wildman–Crippen LogP) is 2.47. The minimum atomic E-state index is -0.176. The highest BCUT2D eigenvalue weighted by molar-refractivity contribution is 5.97. The molecule has 1 aromatic heterocycles. The van der Waals surface area contributed by atoms with Crippen LogP contribution in [0.1, 0.15) is 17.0 Å². The summed E-state index contributed by atoms with van der Waals surface area (Å²) in [7, 11) is 0. The number of nitrogens with two attached hydrogens (primary N) is 1. The first-order chi connectivity index (χ1) is 9.06. The van der Waals surface area contributed by atoms with Crippen molar-refractivity contribution in [3.8, 4) is 0 Å². The first kappa shape index (κ1) is 13.0. The maximum Gasteiger partial charge on any atom is 0.262 e. The van der Waals surface area contributed by atoms with Crippen LogP contribution in [0.25, 0.3) is 6.08 Å². The average Bonchev–Trinajstić information content (AvgIpc) is 2.68. The van der Waals surface area contributed by atoms with E-state index in [-0.39, 0.29) is 5.91 Å². The van der Waals surface area contributed by atoms with E-state index in [9.17, 15) is 4.79 Å². The van der Waals surface area contributed by atoms with Gasteiger partial charge in [0.1, 0.15) is 0 Å². The number of anilines is 1. The zero-order valence-electron chi connectivity index (χ0n) is 11.1. The number of hydrogen-bond acceptors (Lipinski definition) is 2. The molecule has 4 heteroatoms. The Morgan fingerprint density at radius 1 is 1.21 bits per heavy atom. The number of rotatable bonds is 3. The fraction of sp³-hybridized carbons (Fsp3) is 0.133. The minimum absolute atomic E-state index is 0.176. The second kappa shape index (κ2) is 5.44. The molecule has 0 aliphatic carbocycles. The molecule has 1 amide bonds. The highest BCUT2D eigenvalue weighted by Gasteiger charge is 2.02. The van der Waals surface area contributed by atoms with Crippen molar-refractivity contribution >= 4 is 17.7 Å². The van der Waals surface area contributed by atoms with Gasteiger partial charge in [-0.25, -0.2) is 0 Å². The molecule has 0 saturated carbocycles. The molecule has 4 nitrogen and oxygen atoms in total. The van der Waals surface area contributed by atoms with Crippen LogP contribution in [0.2, 0.25) is 0 Å². The lowest BCUT2D eigenvalue weighted by atomic mass is 10.2. The summed E-state index contributed by atoms with van der Waals surface area (Å²) < 4.78 is 1.76. The lowest BCUT2D eigenvalue weighted by molar-refractivity contribution is -0.112. The van der Waals surface area contributed by atoms with E-state index in [1.54, 1.807) is 10.8 Å². The number of aromatic nitrogens is 1. The van der Waals surface area contributed by atoms with Gasteiger partial charge in [-0.3, -0.25) is 14.9 Å². The maximum absolute atomic E-state index is 11.8. The Morgan fingerprint density at radius 2 is 1.89 bits per heavy atom. The van der Waals surface area contributed by atoms with Gasteiger partial charge in [-0.15, -0.1) is 0 Å². The average molecular weight is 255 g/mol. The van der Waals surface area contributed by atoms with Crippen molar-refractivity contribution in [1.82, 2.24) is 4.68 Å². The van der Waals surface area contributed by atoms with Gasteiger partial charge in [-0.05, 0) is 49.8 Å². The summed E-state index contributed by atoms with van der Waals surface area (Å²) in [4.78, 5) is 11.8. The van der Waals surface area contributed by atoms with Crippen LogP contribution in [0.15, 0.2) is 42.5 Å². The van der Waals surface area contributed by atoms with Crippen LogP contribution in [-0.2, 0) is 4.79 Å². The van der Waals surface area contributed by atoms with E-state index in [0.717, 1.165) is 17.0 Å². The molecule has 0 unspecified atom stereocenters. The van der Waals surface area contributed by atoms with E-state index in [4.69, 9.17) is 5.73 Å². The van der Waals surface area contributed by atoms with Crippen molar-refractivity contribution in [3.05, 3.63) is 59.4 Å². The molecule has 0 aliphatic heterocycles. The second-order valence-electron chi connectivity index (χ2n) is 4.43. The number of nitrogen functional groups attached to an aromatic ring is 1. The molecule has 0 fully saturated rings. The zero-order valence-corrected chi connectivity index (χ0v) is 11.1. The van der Waals surface area contributed by atoms with Crippen LogP contribution < -0.4 is 11.2 Å². The molecule has 3 N–H and O–H groups in total. The Bertz CT molecular complexity index is 607. The number of carbonyl (C=O) groups is 1. The summed E-state index contributed by atoms with van der Waals surface area (Å²) in [5, 5.41) is 0. The number of carbonyl (C=O) groups excluding carboxylic acids is 1. The normalized spacial score (nSPS) is 10.8. The summed E-state index contributed by atoms with van der Waals surface area (Å²) >= 11 is 0. The van der Waals surface area contributed by atoms with Crippen molar-refractivity contribution in [2.75, 3.05) is 11.2 Å². The molecular weight excluding hydrogens is 238 g/mol. The van der Waals surface area contributed by atoms with Crippen LogP contribution in [0.4, 0.5) is 5.69 Å². The van der Waals surface area contributed by atoms with Crippen LogP contribution in [0.5, 0.6) is 0 Å². The van der Waals surface area contributed by atoms with Gasteiger partial charge >= 0.3 is 0 Å². The van der Waals surface area contributed by atoms with Crippen LogP contribution in [-0.4, -0.2) is 10.6 Å². The van der Waals surface area contributed by atoms with Crippen LogP contribution in [0.3, 0.4) is 0 Å². The van der Waals surface area contributed by atoms with E-state index in [1.165, 1.54) is 6.08 Å². The van der Waals surface area contributed by atoms with E-state index >= 15 is 0 Å². The molecule has 0 radical (unpaired) electrons. The Hall–Kier alpha value is -2.49. The second-order valence-corrected chi connectivity index (χ2v) is 4.43. The third-order valence-electron chi connectivity index (χ3n) is 2.83. The summed E-state index contributed by atoms with van der Waals surface area (Å²) in [6.07, 6.45) is 3.23. The third-order valence-corrected chi connectivity index (χ3v) is 2.83. The Kier molecular flexibility index (Phi) is 3.71. The molecule has 98 valence electrons. The van der Waals surface area contributed by atoms with Gasteiger partial charge < -0.3 is 5.73 Å². The number of benzene rings is 1.